The Bertz CT molecular complexity index is 1320. The molecule has 3 aromatic carbocycles. The van der Waals surface area contributed by atoms with E-state index in [4.69, 9.17) is 21.1 Å². The first-order valence-electron chi connectivity index (χ1n) is 11.0. The molecule has 34 heavy (non-hydrogen) atoms. The smallest absolute Gasteiger partial charge is 0.273 e. The molecule has 0 radical (unpaired) electrons. The largest absolute Gasteiger partial charge is 0.493 e. The summed E-state index contributed by atoms with van der Waals surface area (Å²) in [5, 5.41) is 8.17. The third-order valence-corrected chi connectivity index (χ3v) is 6.44. The Hall–Kier alpha value is -3.77. The van der Waals surface area contributed by atoms with E-state index >= 15 is 0 Å². The first-order chi connectivity index (χ1) is 16.6. The number of aromatic amines is 1. The van der Waals surface area contributed by atoms with Crippen molar-refractivity contribution in [3.63, 3.8) is 0 Å². The van der Waals surface area contributed by atoms with Gasteiger partial charge in [0.15, 0.2) is 11.5 Å². The molecule has 6 nitrogen and oxygen atoms in total. The second-order valence-electron chi connectivity index (χ2n) is 8.12. The molecule has 2 heterocycles. The maximum atomic E-state index is 13.5. The van der Waals surface area contributed by atoms with E-state index in [1.54, 1.807) is 14.2 Å². The fourth-order valence-corrected chi connectivity index (χ4v) is 4.65. The van der Waals surface area contributed by atoms with Crippen LogP contribution in [0.1, 0.15) is 33.2 Å². The lowest BCUT2D eigenvalue weighted by Gasteiger charge is -2.26. The normalized spacial score (nSPS) is 14.9. The van der Waals surface area contributed by atoms with E-state index in [1.807, 2.05) is 65.6 Å². The lowest BCUT2D eigenvalue weighted by atomic mass is 9.96. The average molecular weight is 474 g/mol. The molecule has 5 rings (SSSR count). The Labute approximate surface area is 203 Å². The second-order valence-corrected chi connectivity index (χ2v) is 8.56. The van der Waals surface area contributed by atoms with Crippen molar-refractivity contribution in [2.75, 3.05) is 20.8 Å². The first kappa shape index (κ1) is 22.0. The van der Waals surface area contributed by atoms with E-state index in [0.29, 0.717) is 35.2 Å². The maximum Gasteiger partial charge on any atom is 0.273 e. The monoisotopic (exact) mass is 473 g/mol. The molecule has 0 fully saturated rings. The molecule has 7 heteroatoms. The minimum absolute atomic E-state index is 0.0583. The van der Waals surface area contributed by atoms with Gasteiger partial charge in [-0.25, -0.2) is 0 Å². The fraction of sp³-hybridized carbons (Fsp3) is 0.185. The molecule has 1 aliphatic rings. The predicted octanol–water partition coefficient (Wildman–Crippen LogP) is 5.54. The summed E-state index contributed by atoms with van der Waals surface area (Å²) >= 11 is 6.09. The molecule has 172 valence electrons. The van der Waals surface area contributed by atoms with Gasteiger partial charge in [-0.2, -0.15) is 5.10 Å². The van der Waals surface area contributed by atoms with Gasteiger partial charge in [0.25, 0.3) is 5.91 Å². The number of aromatic nitrogens is 2. The summed E-state index contributed by atoms with van der Waals surface area (Å²) in [4.78, 5) is 15.4. The molecule has 1 unspecified atom stereocenters. The van der Waals surface area contributed by atoms with Crippen molar-refractivity contribution in [1.82, 2.24) is 15.1 Å². The number of nitrogens with zero attached hydrogens (tertiary/aromatic N) is 2. The van der Waals surface area contributed by atoms with E-state index in [2.05, 4.69) is 22.3 Å². The number of halogens is 1. The third kappa shape index (κ3) is 3.90. The molecule has 1 amide bonds. The molecule has 0 bridgehead atoms. The zero-order chi connectivity index (χ0) is 23.7. The predicted molar refractivity (Wildman–Crippen MR) is 132 cm³/mol. The van der Waals surface area contributed by atoms with Gasteiger partial charge in [0, 0.05) is 22.7 Å². The lowest BCUT2D eigenvalue weighted by molar-refractivity contribution is 0.0746. The van der Waals surface area contributed by atoms with Crippen molar-refractivity contribution >= 4 is 17.5 Å². The minimum Gasteiger partial charge on any atom is -0.493 e. The zero-order valence-corrected chi connectivity index (χ0v) is 19.7. The SMILES string of the molecule is COc1ccc(CCN2C(=O)c3[nH]nc(-c4ccc(Cl)cc4)c3C2c2ccccc2)cc1OC. The highest BCUT2D eigenvalue weighted by atomic mass is 35.5. The Morgan fingerprint density at radius 1 is 0.971 bits per heavy atom. The second kappa shape index (κ2) is 9.23. The fourth-order valence-electron chi connectivity index (χ4n) is 4.52. The summed E-state index contributed by atoms with van der Waals surface area (Å²) < 4.78 is 10.8. The van der Waals surface area contributed by atoms with Crippen LogP contribution in [-0.2, 0) is 6.42 Å². The number of nitrogens with one attached hydrogen (secondary N) is 1. The number of amides is 1. The van der Waals surface area contributed by atoms with E-state index < -0.39 is 0 Å². The number of H-pyrrole nitrogens is 1. The number of hydrogen-bond donors (Lipinski definition) is 1. The van der Waals surface area contributed by atoms with Gasteiger partial charge in [-0.05, 0) is 41.8 Å². The van der Waals surface area contributed by atoms with Crippen molar-refractivity contribution in [3.8, 4) is 22.8 Å². The zero-order valence-electron chi connectivity index (χ0n) is 18.9. The highest BCUT2D eigenvalue weighted by molar-refractivity contribution is 6.30. The van der Waals surface area contributed by atoms with Crippen LogP contribution in [0.2, 0.25) is 5.02 Å². The Morgan fingerprint density at radius 2 is 1.71 bits per heavy atom. The summed E-state index contributed by atoms with van der Waals surface area (Å²) in [5.41, 5.74) is 5.21. The van der Waals surface area contributed by atoms with E-state index in [-0.39, 0.29) is 11.9 Å². The summed E-state index contributed by atoms with van der Waals surface area (Å²) in [6, 6.07) is 23.2. The van der Waals surface area contributed by atoms with E-state index in [1.165, 1.54) is 0 Å². The van der Waals surface area contributed by atoms with Crippen LogP contribution in [0.15, 0.2) is 72.8 Å². The average Bonchev–Trinajstić information content (AvgIpc) is 3.42. The van der Waals surface area contributed by atoms with Gasteiger partial charge in [-0.3, -0.25) is 9.89 Å². The Balaban J connectivity index is 1.51. The molecule has 0 aliphatic carbocycles. The molecule has 4 aromatic rings. The quantitative estimate of drug-likeness (QED) is 0.383. The highest BCUT2D eigenvalue weighted by Gasteiger charge is 2.41. The Kier molecular flexibility index (Phi) is 5.99. The van der Waals surface area contributed by atoms with Crippen LogP contribution < -0.4 is 9.47 Å². The van der Waals surface area contributed by atoms with Crippen LogP contribution in [0, 0.1) is 0 Å². The molecule has 1 atom stereocenters. The number of methoxy groups -OCH3 is 2. The number of carbonyl (C=O) groups excluding carboxylic acids is 1. The van der Waals surface area contributed by atoms with Crippen molar-refractivity contribution < 1.29 is 14.3 Å². The Morgan fingerprint density at radius 3 is 2.41 bits per heavy atom. The topological polar surface area (TPSA) is 67.5 Å². The molecule has 0 saturated heterocycles. The number of ether oxygens (including phenoxy) is 2. The molecular formula is C27H24ClN3O3. The van der Waals surface area contributed by atoms with Gasteiger partial charge >= 0.3 is 0 Å². The van der Waals surface area contributed by atoms with Crippen LogP contribution >= 0.6 is 11.6 Å². The van der Waals surface area contributed by atoms with Crippen LogP contribution in [-0.4, -0.2) is 41.8 Å². The van der Waals surface area contributed by atoms with Crippen LogP contribution in [0.5, 0.6) is 11.5 Å². The molecular weight excluding hydrogens is 450 g/mol. The van der Waals surface area contributed by atoms with Crippen LogP contribution in [0.4, 0.5) is 0 Å². The minimum atomic E-state index is -0.242. The van der Waals surface area contributed by atoms with Crippen molar-refractivity contribution in [2.45, 2.75) is 12.5 Å². The number of fused-ring (bicyclic) bond motifs is 1. The van der Waals surface area contributed by atoms with Gasteiger partial charge in [-0.15, -0.1) is 0 Å². The molecule has 1 aliphatic heterocycles. The maximum absolute atomic E-state index is 13.5. The van der Waals surface area contributed by atoms with E-state index in [9.17, 15) is 4.79 Å². The van der Waals surface area contributed by atoms with Gasteiger partial charge in [0.2, 0.25) is 0 Å². The van der Waals surface area contributed by atoms with Crippen molar-refractivity contribution in [3.05, 3.63) is 100 Å². The van der Waals surface area contributed by atoms with Gasteiger partial charge in [-0.1, -0.05) is 60.1 Å². The standard InChI is InChI=1S/C27H24ClN3O3/c1-33-21-13-8-17(16-22(21)34-2)14-15-31-26(19-6-4-3-5-7-19)23-24(29-30-25(23)27(31)32)18-9-11-20(28)12-10-18/h3-13,16,26H,14-15H2,1-2H3,(H,29,30). The summed E-state index contributed by atoms with van der Waals surface area (Å²) in [6.45, 7) is 0.538. The number of benzene rings is 3. The molecule has 0 spiro atoms. The lowest BCUT2D eigenvalue weighted by Crippen LogP contribution is -2.31. The molecule has 0 saturated carbocycles. The van der Waals surface area contributed by atoms with Gasteiger partial charge < -0.3 is 14.4 Å². The van der Waals surface area contributed by atoms with Gasteiger partial charge in [0.05, 0.1) is 26.0 Å². The summed E-state index contributed by atoms with van der Waals surface area (Å²) in [7, 11) is 3.24. The van der Waals surface area contributed by atoms with E-state index in [0.717, 1.165) is 27.9 Å². The number of rotatable bonds is 7. The summed E-state index contributed by atoms with van der Waals surface area (Å²) in [6.07, 6.45) is 0.670. The molecule has 1 N–H and O–H groups in total. The number of carbonyl (C=O) groups is 1. The number of hydrogen-bond acceptors (Lipinski definition) is 4. The van der Waals surface area contributed by atoms with Gasteiger partial charge in [0.1, 0.15) is 5.69 Å². The van der Waals surface area contributed by atoms with Crippen LogP contribution in [0.3, 0.4) is 0 Å². The summed E-state index contributed by atoms with van der Waals surface area (Å²) in [5.74, 6) is 1.29. The third-order valence-electron chi connectivity index (χ3n) is 6.19. The van der Waals surface area contributed by atoms with Crippen LogP contribution in [0.25, 0.3) is 11.3 Å². The molecule has 1 aromatic heterocycles. The van der Waals surface area contributed by atoms with Crippen molar-refractivity contribution in [2.24, 2.45) is 0 Å². The van der Waals surface area contributed by atoms with Crippen molar-refractivity contribution in [1.29, 1.82) is 0 Å². The first-order valence-corrected chi connectivity index (χ1v) is 11.4. The highest BCUT2D eigenvalue weighted by Crippen LogP contribution is 2.43.